The summed E-state index contributed by atoms with van der Waals surface area (Å²) in [6.45, 7) is 0. The van der Waals surface area contributed by atoms with Gasteiger partial charge in [0.1, 0.15) is 0 Å². The Bertz CT molecular complexity index is 603. The van der Waals surface area contributed by atoms with Crippen LogP contribution in [0.3, 0.4) is 0 Å². The summed E-state index contributed by atoms with van der Waals surface area (Å²) in [5, 5.41) is 1.22. The van der Waals surface area contributed by atoms with Crippen molar-refractivity contribution in [2.24, 2.45) is 0 Å². The average molecular weight is 274 g/mol. The monoisotopic (exact) mass is 275 g/mol. The molecule has 0 amide bonds. The second-order valence-electron chi connectivity index (χ2n) is 3.40. The van der Waals surface area contributed by atoms with E-state index in [0.717, 1.165) is 5.75 Å². The number of aromatic nitrogens is 1. The molecule has 0 bridgehead atoms. The van der Waals surface area contributed by atoms with Crippen LogP contribution < -0.4 is 4.74 Å². The van der Waals surface area contributed by atoms with Crippen molar-refractivity contribution in [2.75, 3.05) is 0 Å². The molecule has 3 heteroatoms. The van der Waals surface area contributed by atoms with Gasteiger partial charge >= 0.3 is 99.1 Å². The van der Waals surface area contributed by atoms with Crippen molar-refractivity contribution in [3.8, 4) is 11.6 Å². The third kappa shape index (κ3) is 1.87. The van der Waals surface area contributed by atoms with E-state index < -0.39 is 0 Å². The predicted octanol–water partition coefficient (Wildman–Crippen LogP) is 3.08. The summed E-state index contributed by atoms with van der Waals surface area (Å²) < 4.78 is 7.02. The maximum absolute atomic E-state index is 5.67. The molecule has 3 rings (SSSR count). The van der Waals surface area contributed by atoms with Gasteiger partial charge in [0.15, 0.2) is 0 Å². The van der Waals surface area contributed by atoms with Gasteiger partial charge in [-0.1, -0.05) is 0 Å². The number of rotatable bonds is 2. The van der Waals surface area contributed by atoms with E-state index >= 15 is 0 Å². The fourth-order valence-electron chi connectivity index (χ4n) is 1.50. The van der Waals surface area contributed by atoms with Crippen molar-refractivity contribution in [2.45, 2.75) is 0 Å². The average Bonchev–Trinajstić information content (AvgIpc) is 2.77. The molecule has 3 aromatic rings. The fraction of sp³-hybridized carbons (Fsp3) is 0. The molecule has 0 N–H and O–H groups in total. The SMILES string of the molecule is c1ccc(Oc2cc3[se]ccc3cn2)cc1. The van der Waals surface area contributed by atoms with Gasteiger partial charge < -0.3 is 0 Å². The van der Waals surface area contributed by atoms with Crippen molar-refractivity contribution in [1.82, 2.24) is 4.98 Å². The van der Waals surface area contributed by atoms with Crippen LogP contribution in [-0.2, 0) is 0 Å². The van der Waals surface area contributed by atoms with Gasteiger partial charge in [0, 0.05) is 0 Å². The molecule has 78 valence electrons. The molecule has 0 saturated carbocycles. The van der Waals surface area contributed by atoms with Crippen LogP contribution in [0.5, 0.6) is 11.6 Å². The van der Waals surface area contributed by atoms with Crippen LogP contribution in [0.4, 0.5) is 0 Å². The minimum atomic E-state index is 0.438. The molecule has 0 radical (unpaired) electrons. The Kier molecular flexibility index (Phi) is 2.49. The van der Waals surface area contributed by atoms with Crippen LogP contribution in [0.25, 0.3) is 9.65 Å². The summed E-state index contributed by atoms with van der Waals surface area (Å²) in [5.41, 5.74) is 0. The molecule has 2 heterocycles. The summed E-state index contributed by atoms with van der Waals surface area (Å²) in [7, 11) is 0. The van der Waals surface area contributed by atoms with Crippen LogP contribution in [0.1, 0.15) is 0 Å². The molecule has 1 aromatic carbocycles. The number of hydrogen-bond donors (Lipinski definition) is 0. The van der Waals surface area contributed by atoms with Gasteiger partial charge in [0.05, 0.1) is 0 Å². The summed E-state index contributed by atoms with van der Waals surface area (Å²) >= 11 is 0.438. The molecule has 0 aliphatic rings. The maximum atomic E-state index is 5.67. The van der Waals surface area contributed by atoms with Crippen LogP contribution in [0.2, 0.25) is 0 Å². The number of pyridine rings is 1. The summed E-state index contributed by atoms with van der Waals surface area (Å²) in [6.07, 6.45) is 1.87. The van der Waals surface area contributed by atoms with Gasteiger partial charge in [-0.25, -0.2) is 0 Å². The van der Waals surface area contributed by atoms with Gasteiger partial charge in [-0.2, -0.15) is 0 Å². The van der Waals surface area contributed by atoms with Gasteiger partial charge in [-0.3, -0.25) is 0 Å². The molecule has 2 aromatic heterocycles. The van der Waals surface area contributed by atoms with E-state index in [2.05, 4.69) is 16.0 Å². The molecule has 0 unspecified atom stereocenters. The number of ether oxygens (including phenoxy) is 1. The van der Waals surface area contributed by atoms with E-state index in [4.69, 9.17) is 4.74 Å². The van der Waals surface area contributed by atoms with E-state index in [1.54, 1.807) is 0 Å². The van der Waals surface area contributed by atoms with Gasteiger partial charge in [0.2, 0.25) is 0 Å². The topological polar surface area (TPSA) is 22.1 Å². The molecule has 0 spiro atoms. The second kappa shape index (κ2) is 4.12. The predicted molar refractivity (Wildman–Crippen MR) is 65.2 cm³/mol. The summed E-state index contributed by atoms with van der Waals surface area (Å²) in [5.74, 6) is 1.50. The molecule has 0 saturated heterocycles. The quantitative estimate of drug-likeness (QED) is 0.670. The first-order valence-corrected chi connectivity index (χ1v) is 6.82. The molecular weight excluding hydrogens is 265 g/mol. The zero-order valence-corrected chi connectivity index (χ0v) is 10.2. The van der Waals surface area contributed by atoms with E-state index in [-0.39, 0.29) is 0 Å². The van der Waals surface area contributed by atoms with Crippen LogP contribution in [0, 0.1) is 0 Å². The zero-order chi connectivity index (χ0) is 10.8. The number of para-hydroxylation sites is 1. The molecule has 2 nitrogen and oxygen atoms in total. The number of benzene rings is 1. The van der Waals surface area contributed by atoms with E-state index in [9.17, 15) is 0 Å². The van der Waals surface area contributed by atoms with Crippen molar-refractivity contribution in [3.05, 3.63) is 53.6 Å². The Morgan fingerprint density at radius 1 is 1.06 bits per heavy atom. The molecule has 0 aliphatic heterocycles. The van der Waals surface area contributed by atoms with E-state index in [0.29, 0.717) is 20.4 Å². The van der Waals surface area contributed by atoms with Crippen molar-refractivity contribution >= 4 is 24.1 Å². The first-order valence-electron chi connectivity index (χ1n) is 4.98. The Labute approximate surface area is 99.3 Å². The molecule has 16 heavy (non-hydrogen) atoms. The number of hydrogen-bond acceptors (Lipinski definition) is 2. The first-order chi connectivity index (χ1) is 7.92. The van der Waals surface area contributed by atoms with E-state index in [1.807, 2.05) is 42.6 Å². The normalized spacial score (nSPS) is 10.5. The standard InChI is InChI=1S/C13H9NOSe/c1-2-4-11(5-3-1)15-13-8-12-10(9-14-13)6-7-16-12/h1-9H. The minimum absolute atomic E-state index is 0.438. The molecule has 0 fully saturated rings. The van der Waals surface area contributed by atoms with Crippen LogP contribution >= 0.6 is 0 Å². The van der Waals surface area contributed by atoms with Crippen LogP contribution in [-0.4, -0.2) is 19.5 Å². The van der Waals surface area contributed by atoms with Crippen molar-refractivity contribution in [3.63, 3.8) is 0 Å². The third-order valence-corrected chi connectivity index (χ3v) is 4.12. The molecule has 0 atom stereocenters. The third-order valence-electron chi connectivity index (χ3n) is 2.28. The van der Waals surface area contributed by atoms with Gasteiger partial charge in [0.25, 0.3) is 0 Å². The van der Waals surface area contributed by atoms with Gasteiger partial charge in [-0.15, -0.1) is 0 Å². The summed E-state index contributed by atoms with van der Waals surface area (Å²) in [6, 6.07) is 13.9. The Balaban J connectivity index is 1.94. The van der Waals surface area contributed by atoms with Crippen molar-refractivity contribution in [1.29, 1.82) is 0 Å². The Morgan fingerprint density at radius 3 is 2.81 bits per heavy atom. The zero-order valence-electron chi connectivity index (χ0n) is 8.46. The molecular formula is C13H9NOSe. The van der Waals surface area contributed by atoms with Crippen molar-refractivity contribution < 1.29 is 4.74 Å². The first kappa shape index (κ1) is 9.64. The number of fused-ring (bicyclic) bond motifs is 1. The number of nitrogens with zero attached hydrogens (tertiary/aromatic N) is 1. The van der Waals surface area contributed by atoms with E-state index in [1.165, 1.54) is 9.65 Å². The summed E-state index contributed by atoms with van der Waals surface area (Å²) in [4.78, 5) is 6.48. The Morgan fingerprint density at radius 2 is 1.94 bits per heavy atom. The fourth-order valence-corrected chi connectivity index (χ4v) is 3.15. The van der Waals surface area contributed by atoms with Crippen LogP contribution in [0.15, 0.2) is 53.6 Å². The Hall–Kier alpha value is -1.57. The molecule has 0 aliphatic carbocycles. The van der Waals surface area contributed by atoms with Gasteiger partial charge in [-0.05, 0) is 0 Å². The second-order valence-corrected chi connectivity index (χ2v) is 5.38.